The molecule has 0 aromatic rings. The summed E-state index contributed by atoms with van der Waals surface area (Å²) in [4.78, 5) is 0. The molecule has 0 rings (SSSR count). The van der Waals surface area contributed by atoms with Crippen molar-refractivity contribution in [1.29, 1.82) is 0 Å². The average Bonchev–Trinajstić information content (AvgIpc) is 1.69. The van der Waals surface area contributed by atoms with Crippen LogP contribution < -0.4 is 0 Å². The van der Waals surface area contributed by atoms with Crippen LogP contribution in [0.4, 0.5) is 0 Å². The number of methoxy groups -OCH3 is 1. The van der Waals surface area contributed by atoms with E-state index in [1.165, 1.54) is 0 Å². The van der Waals surface area contributed by atoms with Crippen LogP contribution in [0.3, 0.4) is 0 Å². The van der Waals surface area contributed by atoms with Crippen LogP contribution in [0.15, 0.2) is 0 Å². The first-order valence-electron chi connectivity index (χ1n) is 2.04. The fourth-order valence-electron chi connectivity index (χ4n) is 0.197. The third kappa shape index (κ3) is 6.65. The zero-order valence-corrected chi connectivity index (χ0v) is 6.47. The minimum Gasteiger partial charge on any atom is -0.382 e. The Morgan fingerprint density at radius 3 is 2.57 bits per heavy atom. The van der Waals surface area contributed by atoms with Crippen molar-refractivity contribution in [1.82, 2.24) is 0 Å². The number of rotatable bonds is 4. The number of hydrogen-bond acceptors (Lipinski definition) is 2. The van der Waals surface area contributed by atoms with Crippen molar-refractivity contribution in [3.63, 3.8) is 0 Å². The molecule has 0 saturated heterocycles. The van der Waals surface area contributed by atoms with E-state index < -0.39 is 0 Å². The molecule has 0 unspecified atom stereocenters. The quantitative estimate of drug-likeness (QED) is 0.397. The molecular formula is C4H9IO2. The van der Waals surface area contributed by atoms with Gasteiger partial charge in [0.1, 0.15) is 0 Å². The minimum absolute atomic E-state index is 0.697. The van der Waals surface area contributed by atoms with E-state index in [1.54, 1.807) is 7.11 Å². The lowest BCUT2D eigenvalue weighted by molar-refractivity contribution is 0.0991. The van der Waals surface area contributed by atoms with Crippen LogP contribution in [0.1, 0.15) is 0 Å². The maximum atomic E-state index is 4.94. The van der Waals surface area contributed by atoms with Gasteiger partial charge in [0.05, 0.1) is 17.8 Å². The minimum atomic E-state index is 0.697. The summed E-state index contributed by atoms with van der Waals surface area (Å²) in [6.45, 7) is 1.41. The van der Waals surface area contributed by atoms with Gasteiger partial charge in [-0.2, -0.15) is 0 Å². The molecule has 0 N–H and O–H groups in total. The molecule has 2 nitrogen and oxygen atoms in total. The maximum Gasteiger partial charge on any atom is 0.0980 e. The molecule has 0 fully saturated rings. The number of alkyl halides is 1. The van der Waals surface area contributed by atoms with Crippen LogP contribution in [-0.4, -0.2) is 24.9 Å². The Bertz CT molecular complexity index is 28.9. The highest BCUT2D eigenvalue weighted by Gasteiger charge is 1.78. The van der Waals surface area contributed by atoms with Gasteiger partial charge in [0.25, 0.3) is 0 Å². The molecule has 7 heavy (non-hydrogen) atoms. The monoisotopic (exact) mass is 216 g/mol. The normalized spacial score (nSPS) is 9.43. The van der Waals surface area contributed by atoms with Gasteiger partial charge in [-0.05, 0) is 0 Å². The van der Waals surface area contributed by atoms with Crippen molar-refractivity contribution in [3.05, 3.63) is 0 Å². The Morgan fingerprint density at radius 2 is 2.14 bits per heavy atom. The third-order valence-electron chi connectivity index (χ3n) is 0.509. The van der Waals surface area contributed by atoms with Gasteiger partial charge < -0.3 is 9.47 Å². The molecule has 0 radical (unpaired) electrons. The highest BCUT2D eigenvalue weighted by molar-refractivity contribution is 14.1. The van der Waals surface area contributed by atoms with Crippen molar-refractivity contribution in [2.45, 2.75) is 0 Å². The summed E-state index contributed by atoms with van der Waals surface area (Å²) < 4.78 is 10.4. The van der Waals surface area contributed by atoms with E-state index in [9.17, 15) is 0 Å². The lowest BCUT2D eigenvalue weighted by Gasteiger charge is -1.95. The van der Waals surface area contributed by atoms with Crippen LogP contribution >= 0.6 is 22.6 Å². The SMILES string of the molecule is COCCOCI. The van der Waals surface area contributed by atoms with Gasteiger partial charge in [0.15, 0.2) is 0 Å². The Balaban J connectivity index is 2.45. The number of hydrogen-bond donors (Lipinski definition) is 0. The van der Waals surface area contributed by atoms with Crippen LogP contribution in [0.25, 0.3) is 0 Å². The molecule has 0 aliphatic carbocycles. The fourth-order valence-corrected chi connectivity index (χ4v) is 0.508. The van der Waals surface area contributed by atoms with Gasteiger partial charge in [-0.25, -0.2) is 0 Å². The first-order chi connectivity index (χ1) is 3.41. The average molecular weight is 216 g/mol. The van der Waals surface area contributed by atoms with Gasteiger partial charge in [-0.1, -0.05) is 22.6 Å². The molecule has 0 aliphatic heterocycles. The van der Waals surface area contributed by atoms with Gasteiger partial charge in [0, 0.05) is 7.11 Å². The predicted molar refractivity (Wildman–Crippen MR) is 36.7 cm³/mol. The largest absolute Gasteiger partial charge is 0.382 e. The van der Waals surface area contributed by atoms with Gasteiger partial charge in [-0.15, -0.1) is 0 Å². The van der Waals surface area contributed by atoms with E-state index in [0.717, 1.165) is 4.61 Å². The molecule has 0 aliphatic rings. The van der Waals surface area contributed by atoms with E-state index in [-0.39, 0.29) is 0 Å². The summed E-state index contributed by atoms with van der Waals surface area (Å²) in [6, 6.07) is 0. The topological polar surface area (TPSA) is 18.5 Å². The first kappa shape index (κ1) is 7.65. The maximum absolute atomic E-state index is 4.94. The van der Waals surface area contributed by atoms with Crippen LogP contribution in [0, 0.1) is 0 Å². The predicted octanol–water partition coefficient (Wildman–Crippen LogP) is 1.04. The second-order valence-electron chi connectivity index (χ2n) is 1.01. The van der Waals surface area contributed by atoms with E-state index >= 15 is 0 Å². The van der Waals surface area contributed by atoms with Crippen molar-refractivity contribution in [3.8, 4) is 0 Å². The molecule has 44 valence electrons. The first-order valence-corrected chi connectivity index (χ1v) is 3.57. The van der Waals surface area contributed by atoms with Crippen molar-refractivity contribution < 1.29 is 9.47 Å². The molecule has 0 saturated carbocycles. The highest BCUT2D eigenvalue weighted by atomic mass is 127. The molecule has 3 heteroatoms. The van der Waals surface area contributed by atoms with Crippen molar-refractivity contribution in [2.75, 3.05) is 24.9 Å². The highest BCUT2D eigenvalue weighted by Crippen LogP contribution is 1.81. The summed E-state index contributed by atoms with van der Waals surface area (Å²) >= 11 is 2.15. The standard InChI is InChI=1S/C4H9IO2/c1-6-2-3-7-4-5/h2-4H2,1H3. The Hall–Kier alpha value is 0.650. The Morgan fingerprint density at radius 1 is 1.43 bits per heavy atom. The molecule has 0 heterocycles. The van der Waals surface area contributed by atoms with E-state index in [2.05, 4.69) is 22.6 Å². The lowest BCUT2D eigenvalue weighted by Crippen LogP contribution is -1.98. The van der Waals surface area contributed by atoms with Crippen LogP contribution in [-0.2, 0) is 9.47 Å². The molecule has 0 bridgehead atoms. The van der Waals surface area contributed by atoms with E-state index in [4.69, 9.17) is 9.47 Å². The Kier molecular flexibility index (Phi) is 7.27. The van der Waals surface area contributed by atoms with Crippen LogP contribution in [0.5, 0.6) is 0 Å². The molecule has 0 aromatic heterocycles. The molecular weight excluding hydrogens is 207 g/mol. The smallest absolute Gasteiger partial charge is 0.0980 e. The lowest BCUT2D eigenvalue weighted by atomic mass is 10.8. The molecule has 0 amide bonds. The number of halogens is 1. The zero-order chi connectivity index (χ0) is 5.54. The van der Waals surface area contributed by atoms with Crippen molar-refractivity contribution in [2.24, 2.45) is 0 Å². The molecule has 0 spiro atoms. The van der Waals surface area contributed by atoms with Gasteiger partial charge in [0.2, 0.25) is 0 Å². The van der Waals surface area contributed by atoms with Gasteiger partial charge >= 0.3 is 0 Å². The number of ether oxygens (including phenoxy) is 2. The van der Waals surface area contributed by atoms with E-state index in [1.807, 2.05) is 0 Å². The second-order valence-corrected chi connectivity index (χ2v) is 1.63. The summed E-state index contributed by atoms with van der Waals surface area (Å²) in [5.74, 6) is 0. The molecule has 0 atom stereocenters. The third-order valence-corrected chi connectivity index (χ3v) is 0.949. The van der Waals surface area contributed by atoms with Crippen LogP contribution in [0.2, 0.25) is 0 Å². The zero-order valence-electron chi connectivity index (χ0n) is 4.32. The summed E-state index contributed by atoms with van der Waals surface area (Å²) in [6.07, 6.45) is 0. The second kappa shape index (κ2) is 6.65. The summed E-state index contributed by atoms with van der Waals surface area (Å²) in [5, 5.41) is 0. The fraction of sp³-hybridized carbons (Fsp3) is 1.00. The van der Waals surface area contributed by atoms with Gasteiger partial charge in [-0.3, -0.25) is 0 Å². The summed E-state index contributed by atoms with van der Waals surface area (Å²) in [7, 11) is 1.66. The Labute approximate surface area is 57.3 Å². The summed E-state index contributed by atoms with van der Waals surface area (Å²) in [5.41, 5.74) is 0. The molecule has 0 aromatic carbocycles. The van der Waals surface area contributed by atoms with Crippen molar-refractivity contribution >= 4 is 22.6 Å². The van der Waals surface area contributed by atoms with E-state index in [0.29, 0.717) is 13.2 Å².